The van der Waals surface area contributed by atoms with Gasteiger partial charge in [-0.05, 0) is 30.1 Å². The van der Waals surface area contributed by atoms with Gasteiger partial charge >= 0.3 is 0 Å². The molecule has 5 heteroatoms. The van der Waals surface area contributed by atoms with E-state index in [9.17, 15) is 4.21 Å². The molecule has 0 aliphatic heterocycles. The molecule has 0 aliphatic rings. The highest BCUT2D eigenvalue weighted by Crippen LogP contribution is 2.18. The molecule has 0 aromatic rings. The van der Waals surface area contributed by atoms with E-state index in [0.717, 1.165) is 12.2 Å². The van der Waals surface area contributed by atoms with E-state index in [1.807, 2.05) is 0 Å². The summed E-state index contributed by atoms with van der Waals surface area (Å²) in [5, 5.41) is 0. The van der Waals surface area contributed by atoms with Crippen molar-refractivity contribution in [2.45, 2.75) is 65.7 Å². The van der Waals surface area contributed by atoms with Gasteiger partial charge in [-0.1, -0.05) is 40.0 Å². The molecule has 0 fully saturated rings. The molecular weight excluding hydrogens is 302 g/mol. The molecule has 0 aromatic carbocycles. The molecule has 0 saturated carbocycles. The standard InChI is InChI=1S/C16H36NO2S2/c1-5-8-12-17(13-9-6-2,14-10-7-3)15-11-16-20-21(18)19-4/h5-16H2,1-4H3/q+1. The van der Waals surface area contributed by atoms with E-state index in [0.29, 0.717) is 0 Å². The molecule has 1 atom stereocenters. The average molecular weight is 339 g/mol. The third kappa shape index (κ3) is 10.7. The van der Waals surface area contributed by atoms with Gasteiger partial charge in [0, 0.05) is 12.2 Å². The third-order valence-electron chi connectivity index (χ3n) is 4.05. The van der Waals surface area contributed by atoms with E-state index in [1.54, 1.807) is 0 Å². The Balaban J connectivity index is 4.44. The van der Waals surface area contributed by atoms with Crippen LogP contribution in [0.15, 0.2) is 0 Å². The summed E-state index contributed by atoms with van der Waals surface area (Å²) in [6.45, 7) is 12.0. The molecule has 21 heavy (non-hydrogen) atoms. The lowest BCUT2D eigenvalue weighted by atomic mass is 10.1. The zero-order valence-corrected chi connectivity index (χ0v) is 16.2. The minimum Gasteiger partial charge on any atom is -0.324 e. The maximum atomic E-state index is 11.3. The van der Waals surface area contributed by atoms with Crippen LogP contribution in [0.1, 0.15) is 65.7 Å². The second-order valence-corrected chi connectivity index (χ2v) is 8.75. The first kappa shape index (κ1) is 21.4. The van der Waals surface area contributed by atoms with Crippen LogP contribution in [0.3, 0.4) is 0 Å². The lowest BCUT2D eigenvalue weighted by Crippen LogP contribution is -2.50. The molecule has 0 amide bonds. The fraction of sp³-hybridized carbons (Fsp3) is 1.00. The molecule has 0 rings (SSSR count). The molecule has 0 spiro atoms. The SMILES string of the molecule is CCCC[N+](CCCC)(CCCC)CCCSS(=O)OC. The Bertz CT molecular complexity index is 241. The molecule has 0 saturated heterocycles. The Labute approximate surface area is 138 Å². The predicted molar refractivity (Wildman–Crippen MR) is 96.7 cm³/mol. The summed E-state index contributed by atoms with van der Waals surface area (Å²) in [4.78, 5) is 0. The van der Waals surface area contributed by atoms with Crippen molar-refractivity contribution in [3.8, 4) is 0 Å². The van der Waals surface area contributed by atoms with Crippen molar-refractivity contribution in [3.05, 3.63) is 0 Å². The van der Waals surface area contributed by atoms with Crippen LogP contribution in [0.25, 0.3) is 0 Å². The van der Waals surface area contributed by atoms with Crippen LogP contribution in [0.5, 0.6) is 0 Å². The fourth-order valence-electron chi connectivity index (χ4n) is 2.73. The van der Waals surface area contributed by atoms with Gasteiger partial charge in [0.25, 0.3) is 0 Å². The van der Waals surface area contributed by atoms with Gasteiger partial charge in [-0.3, -0.25) is 4.18 Å². The molecule has 0 aromatic heterocycles. The van der Waals surface area contributed by atoms with Gasteiger partial charge < -0.3 is 4.48 Å². The van der Waals surface area contributed by atoms with Gasteiger partial charge in [0.15, 0.2) is 0 Å². The summed E-state index contributed by atoms with van der Waals surface area (Å²) in [6, 6.07) is 0. The largest absolute Gasteiger partial charge is 0.324 e. The number of rotatable bonds is 15. The zero-order valence-electron chi connectivity index (χ0n) is 14.6. The summed E-state index contributed by atoms with van der Waals surface area (Å²) in [7, 11) is 1.77. The van der Waals surface area contributed by atoms with Crippen LogP contribution in [0, 0.1) is 0 Å². The van der Waals surface area contributed by atoms with Gasteiger partial charge in [-0.25, -0.2) is 4.21 Å². The number of hydrogen-bond acceptors (Lipinski definition) is 3. The molecule has 128 valence electrons. The van der Waals surface area contributed by atoms with Crippen molar-refractivity contribution < 1.29 is 12.9 Å². The van der Waals surface area contributed by atoms with Gasteiger partial charge in [0.05, 0.1) is 33.3 Å². The van der Waals surface area contributed by atoms with Crippen LogP contribution < -0.4 is 0 Å². The summed E-state index contributed by atoms with van der Waals surface area (Å²) in [5.74, 6) is 0.935. The number of hydrogen-bond donors (Lipinski definition) is 0. The van der Waals surface area contributed by atoms with E-state index in [4.69, 9.17) is 4.18 Å². The van der Waals surface area contributed by atoms with Crippen LogP contribution in [0.4, 0.5) is 0 Å². The quantitative estimate of drug-likeness (QED) is 0.249. The lowest BCUT2D eigenvalue weighted by Gasteiger charge is -2.39. The molecule has 0 bridgehead atoms. The maximum absolute atomic E-state index is 11.3. The Kier molecular flexibility index (Phi) is 14.3. The summed E-state index contributed by atoms with van der Waals surface area (Å²) >= 11 is 0. The number of quaternary nitrogens is 1. The third-order valence-corrected chi connectivity index (χ3v) is 6.46. The van der Waals surface area contributed by atoms with E-state index >= 15 is 0 Å². The Morgan fingerprint density at radius 2 is 1.29 bits per heavy atom. The molecule has 3 nitrogen and oxygen atoms in total. The Morgan fingerprint density at radius 3 is 1.67 bits per heavy atom. The summed E-state index contributed by atoms with van der Waals surface area (Å²) < 4.78 is 17.4. The monoisotopic (exact) mass is 338 g/mol. The van der Waals surface area contributed by atoms with Gasteiger partial charge in [0.1, 0.15) is 0 Å². The Morgan fingerprint density at radius 1 is 0.857 bits per heavy atom. The fourth-order valence-corrected chi connectivity index (χ4v) is 4.26. The first-order valence-electron chi connectivity index (χ1n) is 8.58. The summed E-state index contributed by atoms with van der Waals surface area (Å²) in [6.07, 6.45) is 8.94. The first-order chi connectivity index (χ1) is 10.1. The van der Waals surface area contributed by atoms with E-state index in [-0.39, 0.29) is 0 Å². The van der Waals surface area contributed by atoms with E-state index in [2.05, 4.69) is 20.8 Å². The van der Waals surface area contributed by atoms with Crippen LogP contribution in [-0.2, 0) is 14.3 Å². The predicted octanol–water partition coefficient (Wildman–Crippen LogP) is 4.55. The van der Waals surface area contributed by atoms with Crippen molar-refractivity contribution in [2.75, 3.05) is 39.0 Å². The van der Waals surface area contributed by atoms with Crippen molar-refractivity contribution in [3.63, 3.8) is 0 Å². The molecule has 0 aliphatic carbocycles. The minimum atomic E-state index is -1.16. The molecular formula is C16H36NO2S2+. The van der Waals surface area contributed by atoms with Gasteiger partial charge in [-0.15, -0.1) is 0 Å². The number of nitrogens with zero attached hydrogens (tertiary/aromatic N) is 1. The Hall–Kier alpha value is 0.420. The lowest BCUT2D eigenvalue weighted by molar-refractivity contribution is -0.928. The number of unbranched alkanes of at least 4 members (excludes halogenated alkanes) is 3. The van der Waals surface area contributed by atoms with Crippen molar-refractivity contribution in [1.29, 1.82) is 0 Å². The molecule has 0 heterocycles. The smallest absolute Gasteiger partial charge is 0.218 e. The highest BCUT2D eigenvalue weighted by molar-refractivity contribution is 8.67. The first-order valence-corrected chi connectivity index (χ1v) is 11.2. The highest BCUT2D eigenvalue weighted by Gasteiger charge is 2.25. The van der Waals surface area contributed by atoms with E-state index in [1.165, 1.54) is 87.1 Å². The topological polar surface area (TPSA) is 26.3 Å². The molecule has 1 unspecified atom stereocenters. The summed E-state index contributed by atoms with van der Waals surface area (Å²) in [5.41, 5.74) is 0. The maximum Gasteiger partial charge on any atom is 0.218 e. The minimum absolute atomic E-state index is 0.935. The second-order valence-electron chi connectivity index (χ2n) is 5.84. The normalized spacial score (nSPS) is 13.5. The van der Waals surface area contributed by atoms with Crippen molar-refractivity contribution in [2.24, 2.45) is 0 Å². The highest BCUT2D eigenvalue weighted by atomic mass is 33.1. The van der Waals surface area contributed by atoms with Crippen molar-refractivity contribution in [1.82, 2.24) is 0 Å². The second kappa shape index (κ2) is 14.0. The van der Waals surface area contributed by atoms with Crippen LogP contribution in [0.2, 0.25) is 0 Å². The van der Waals surface area contributed by atoms with Crippen LogP contribution in [-0.4, -0.2) is 47.7 Å². The molecule has 0 radical (unpaired) electrons. The van der Waals surface area contributed by atoms with Crippen LogP contribution >= 0.6 is 10.8 Å². The van der Waals surface area contributed by atoms with E-state index < -0.39 is 10.1 Å². The van der Waals surface area contributed by atoms with Crippen molar-refractivity contribution >= 4 is 20.9 Å². The molecule has 0 N–H and O–H groups in total. The average Bonchev–Trinajstić information content (AvgIpc) is 2.52. The van der Waals surface area contributed by atoms with Gasteiger partial charge in [-0.2, -0.15) is 0 Å². The zero-order chi connectivity index (χ0) is 16.0. The van der Waals surface area contributed by atoms with Gasteiger partial charge in [0.2, 0.25) is 10.1 Å².